The van der Waals surface area contributed by atoms with Crippen molar-refractivity contribution in [1.29, 1.82) is 0 Å². The fourth-order valence-electron chi connectivity index (χ4n) is 4.39. The van der Waals surface area contributed by atoms with Crippen LogP contribution in [0.1, 0.15) is 32.6 Å². The highest BCUT2D eigenvalue weighted by Crippen LogP contribution is 2.41. The van der Waals surface area contributed by atoms with Crippen LogP contribution in [0.15, 0.2) is 46.6 Å². The van der Waals surface area contributed by atoms with E-state index in [1.165, 1.54) is 0 Å². The van der Waals surface area contributed by atoms with E-state index < -0.39 is 0 Å². The molecule has 2 aliphatic heterocycles. The monoisotopic (exact) mass is 568 g/mol. The van der Waals surface area contributed by atoms with Crippen LogP contribution in [0.5, 0.6) is 34.5 Å². The zero-order valence-corrected chi connectivity index (χ0v) is 22.4. The van der Waals surface area contributed by atoms with Crippen molar-refractivity contribution in [3.8, 4) is 34.5 Å². The highest BCUT2D eigenvalue weighted by atomic mass is 79.9. The molecule has 9 heteroatoms. The lowest BCUT2D eigenvalue weighted by Gasteiger charge is -2.21. The van der Waals surface area contributed by atoms with E-state index in [1.807, 2.05) is 25.1 Å². The number of benzene rings is 3. The number of carbonyl (C=O) groups excluding carboxylic acids is 1. The topological polar surface area (TPSA) is 81.7 Å². The SMILES string of the molecule is COc1cc(OC)c(OC)cc1/C=C1\Oc2cc(OCc3cc(Br)cc4c3OCOC4)cc(C)c2C1=O. The van der Waals surface area contributed by atoms with Crippen LogP contribution in [-0.4, -0.2) is 33.9 Å². The second-order valence-corrected chi connectivity index (χ2v) is 9.37. The molecule has 0 aromatic heterocycles. The highest BCUT2D eigenvalue weighted by Gasteiger charge is 2.30. The summed E-state index contributed by atoms with van der Waals surface area (Å²) in [5, 5.41) is 0. The number of carbonyl (C=O) groups is 1. The first-order valence-corrected chi connectivity index (χ1v) is 12.2. The second-order valence-electron chi connectivity index (χ2n) is 8.45. The summed E-state index contributed by atoms with van der Waals surface area (Å²) in [4.78, 5) is 13.2. The molecule has 2 aliphatic rings. The molecule has 0 unspecified atom stereocenters. The van der Waals surface area contributed by atoms with Crippen LogP contribution in [-0.2, 0) is 18.0 Å². The third kappa shape index (κ3) is 4.84. The van der Waals surface area contributed by atoms with Gasteiger partial charge in [-0.15, -0.1) is 0 Å². The van der Waals surface area contributed by atoms with E-state index >= 15 is 0 Å². The molecule has 0 saturated heterocycles. The molecule has 0 N–H and O–H groups in total. The molecule has 0 aliphatic carbocycles. The minimum Gasteiger partial charge on any atom is -0.496 e. The molecular formula is C28H25BrO8. The lowest BCUT2D eigenvalue weighted by Crippen LogP contribution is -2.14. The van der Waals surface area contributed by atoms with Gasteiger partial charge in [0, 0.05) is 33.3 Å². The number of Topliss-reactive ketones (excluding diaryl/α,β-unsaturated/α-hetero) is 1. The number of methoxy groups -OCH3 is 3. The summed E-state index contributed by atoms with van der Waals surface area (Å²) >= 11 is 3.53. The van der Waals surface area contributed by atoms with Crippen molar-refractivity contribution in [3.63, 3.8) is 0 Å². The average molecular weight is 569 g/mol. The van der Waals surface area contributed by atoms with Gasteiger partial charge in [0.1, 0.15) is 29.6 Å². The number of halogens is 1. The van der Waals surface area contributed by atoms with Crippen molar-refractivity contribution in [3.05, 3.63) is 74.4 Å². The lowest BCUT2D eigenvalue weighted by atomic mass is 10.0. The maximum atomic E-state index is 13.2. The van der Waals surface area contributed by atoms with Crippen molar-refractivity contribution in [2.75, 3.05) is 28.1 Å². The predicted octanol–water partition coefficient (Wildman–Crippen LogP) is 5.85. The van der Waals surface area contributed by atoms with Gasteiger partial charge in [0.05, 0.1) is 33.5 Å². The molecule has 2 heterocycles. The fourth-order valence-corrected chi connectivity index (χ4v) is 4.95. The van der Waals surface area contributed by atoms with Crippen LogP contribution in [0.3, 0.4) is 0 Å². The zero-order valence-electron chi connectivity index (χ0n) is 20.8. The van der Waals surface area contributed by atoms with Gasteiger partial charge in [0.25, 0.3) is 0 Å². The third-order valence-corrected chi connectivity index (χ3v) is 6.57. The van der Waals surface area contributed by atoms with Crippen LogP contribution in [0, 0.1) is 6.92 Å². The molecule has 192 valence electrons. The summed E-state index contributed by atoms with van der Waals surface area (Å²) in [6.45, 7) is 2.82. The molecule has 3 aromatic carbocycles. The number of hydrogen-bond donors (Lipinski definition) is 0. The van der Waals surface area contributed by atoms with Gasteiger partial charge in [-0.3, -0.25) is 4.79 Å². The van der Waals surface area contributed by atoms with Crippen molar-refractivity contribution < 1.29 is 38.0 Å². The number of ketones is 1. The first kappa shape index (κ1) is 25.0. The largest absolute Gasteiger partial charge is 0.496 e. The molecule has 0 amide bonds. The van der Waals surface area contributed by atoms with Gasteiger partial charge < -0.3 is 33.2 Å². The van der Waals surface area contributed by atoms with Gasteiger partial charge in [-0.2, -0.15) is 0 Å². The lowest BCUT2D eigenvalue weighted by molar-refractivity contribution is -0.0176. The average Bonchev–Trinajstić information content (AvgIpc) is 3.21. The van der Waals surface area contributed by atoms with Crippen LogP contribution in [0.4, 0.5) is 0 Å². The smallest absolute Gasteiger partial charge is 0.232 e. The Balaban J connectivity index is 1.41. The Morgan fingerprint density at radius 3 is 2.49 bits per heavy atom. The van der Waals surface area contributed by atoms with Crippen molar-refractivity contribution in [2.45, 2.75) is 20.1 Å². The molecule has 8 nitrogen and oxygen atoms in total. The summed E-state index contributed by atoms with van der Waals surface area (Å²) < 4.78 is 40.3. The summed E-state index contributed by atoms with van der Waals surface area (Å²) in [5.41, 5.74) is 3.72. The van der Waals surface area contributed by atoms with E-state index in [4.69, 9.17) is 33.2 Å². The number of fused-ring (bicyclic) bond motifs is 2. The quantitative estimate of drug-likeness (QED) is 0.328. The highest BCUT2D eigenvalue weighted by molar-refractivity contribution is 9.10. The first-order valence-electron chi connectivity index (χ1n) is 11.4. The molecular weight excluding hydrogens is 544 g/mol. The fraction of sp³-hybridized carbons (Fsp3) is 0.250. The molecule has 0 saturated carbocycles. The Labute approximate surface area is 222 Å². The third-order valence-electron chi connectivity index (χ3n) is 6.11. The number of rotatable bonds is 7. The van der Waals surface area contributed by atoms with Crippen LogP contribution < -0.4 is 28.4 Å². The molecule has 0 atom stereocenters. The molecule has 0 fully saturated rings. The molecule has 0 bridgehead atoms. The van der Waals surface area contributed by atoms with Gasteiger partial charge in [-0.1, -0.05) is 15.9 Å². The Hall–Kier alpha value is -3.69. The Morgan fingerprint density at radius 1 is 0.973 bits per heavy atom. The van der Waals surface area contributed by atoms with E-state index in [9.17, 15) is 4.79 Å². The first-order chi connectivity index (χ1) is 17.9. The van der Waals surface area contributed by atoms with Crippen LogP contribution >= 0.6 is 15.9 Å². The minimum absolute atomic E-state index is 0.176. The predicted molar refractivity (Wildman–Crippen MR) is 139 cm³/mol. The maximum Gasteiger partial charge on any atom is 0.232 e. The van der Waals surface area contributed by atoms with Crippen LogP contribution in [0.25, 0.3) is 6.08 Å². The molecule has 3 aromatic rings. The van der Waals surface area contributed by atoms with E-state index in [1.54, 1.807) is 45.6 Å². The molecule has 5 rings (SSSR count). The second kappa shape index (κ2) is 10.4. The zero-order chi connectivity index (χ0) is 26.1. The Kier molecular flexibility index (Phi) is 6.99. The van der Waals surface area contributed by atoms with E-state index in [-0.39, 0.29) is 24.9 Å². The van der Waals surface area contributed by atoms with E-state index in [2.05, 4.69) is 15.9 Å². The Morgan fingerprint density at radius 2 is 1.73 bits per heavy atom. The van der Waals surface area contributed by atoms with Gasteiger partial charge in [-0.25, -0.2) is 0 Å². The molecule has 0 spiro atoms. The van der Waals surface area contributed by atoms with Crippen molar-refractivity contribution >= 4 is 27.8 Å². The van der Waals surface area contributed by atoms with E-state index in [0.29, 0.717) is 46.5 Å². The van der Waals surface area contributed by atoms with E-state index in [0.717, 1.165) is 26.9 Å². The van der Waals surface area contributed by atoms with Gasteiger partial charge in [0.15, 0.2) is 24.1 Å². The number of ether oxygens (including phenoxy) is 7. The minimum atomic E-state index is -0.217. The summed E-state index contributed by atoms with van der Waals surface area (Å²) in [6.07, 6.45) is 1.64. The van der Waals surface area contributed by atoms with Crippen molar-refractivity contribution in [2.24, 2.45) is 0 Å². The normalized spacial score (nSPS) is 14.9. The number of aryl methyl sites for hydroxylation is 1. The van der Waals surface area contributed by atoms with Gasteiger partial charge in [-0.05, 0) is 42.8 Å². The Bertz CT molecular complexity index is 1410. The van der Waals surface area contributed by atoms with Gasteiger partial charge >= 0.3 is 0 Å². The number of allylic oxidation sites excluding steroid dienone is 1. The summed E-state index contributed by atoms with van der Waals surface area (Å²) in [7, 11) is 4.64. The molecule has 37 heavy (non-hydrogen) atoms. The van der Waals surface area contributed by atoms with Crippen molar-refractivity contribution in [1.82, 2.24) is 0 Å². The van der Waals surface area contributed by atoms with Gasteiger partial charge in [0.2, 0.25) is 5.78 Å². The summed E-state index contributed by atoms with van der Waals surface area (Å²) in [5.74, 6) is 3.29. The van der Waals surface area contributed by atoms with Crippen LogP contribution in [0.2, 0.25) is 0 Å². The maximum absolute atomic E-state index is 13.2. The molecule has 0 radical (unpaired) electrons. The summed E-state index contributed by atoms with van der Waals surface area (Å²) in [6, 6.07) is 10.9. The number of hydrogen-bond acceptors (Lipinski definition) is 8. The standard InChI is InChI=1S/C28H25BrO8/c1-15-5-20(35-13-18-7-19(29)6-17-12-34-14-36-28(17)18)10-24-26(15)27(30)25(37-24)9-16-8-22(32-3)23(33-4)11-21(16)31-2/h5-11H,12-14H2,1-4H3/b25-9-.